The Labute approximate surface area is 168 Å². The molecule has 0 aliphatic carbocycles. The van der Waals surface area contributed by atoms with E-state index in [1.165, 1.54) is 15.3 Å². The average Bonchev–Trinajstić information content (AvgIpc) is 3.38. The molecule has 0 unspecified atom stereocenters. The number of carbonyl (C=O) groups is 1. The number of hydrogen-bond acceptors (Lipinski definition) is 4. The summed E-state index contributed by atoms with van der Waals surface area (Å²) in [6.45, 7) is 5.65. The molecule has 1 aromatic carbocycles. The number of hydrogen-bond donors (Lipinski definition) is 0. The van der Waals surface area contributed by atoms with Gasteiger partial charge in [-0.3, -0.25) is 9.69 Å². The predicted molar refractivity (Wildman–Crippen MR) is 115 cm³/mol. The van der Waals surface area contributed by atoms with Crippen molar-refractivity contribution in [1.29, 1.82) is 0 Å². The van der Waals surface area contributed by atoms with E-state index >= 15 is 0 Å². The first-order valence-electron chi connectivity index (χ1n) is 9.08. The fourth-order valence-corrected chi connectivity index (χ4v) is 5.45. The molecule has 0 fully saturated rings. The van der Waals surface area contributed by atoms with Gasteiger partial charge in [-0.25, -0.2) is 0 Å². The lowest BCUT2D eigenvalue weighted by atomic mass is 9.98. The van der Waals surface area contributed by atoms with E-state index in [1.54, 1.807) is 17.4 Å². The van der Waals surface area contributed by atoms with Gasteiger partial charge in [0.25, 0.3) is 0 Å². The monoisotopic (exact) mass is 394 g/mol. The van der Waals surface area contributed by atoms with Crippen LogP contribution in [0.4, 0.5) is 5.69 Å². The molecule has 4 rings (SSSR count). The Kier molecular flexibility index (Phi) is 5.53. The fourth-order valence-electron chi connectivity index (χ4n) is 3.67. The zero-order valence-corrected chi connectivity index (χ0v) is 16.7. The van der Waals surface area contributed by atoms with E-state index in [0.29, 0.717) is 13.1 Å². The molecule has 0 saturated heterocycles. The van der Waals surface area contributed by atoms with Crippen molar-refractivity contribution in [1.82, 2.24) is 4.90 Å². The maximum absolute atomic E-state index is 13.2. The van der Waals surface area contributed by atoms with Crippen LogP contribution < -0.4 is 4.90 Å². The highest BCUT2D eigenvalue weighted by atomic mass is 32.1. The van der Waals surface area contributed by atoms with Crippen LogP contribution in [-0.4, -0.2) is 30.4 Å². The molecular weight excluding hydrogens is 372 g/mol. The van der Waals surface area contributed by atoms with Crippen molar-refractivity contribution >= 4 is 34.3 Å². The molecule has 0 radical (unpaired) electrons. The van der Waals surface area contributed by atoms with Crippen molar-refractivity contribution in [3.63, 3.8) is 0 Å². The van der Waals surface area contributed by atoms with Gasteiger partial charge in [0, 0.05) is 28.5 Å². The van der Waals surface area contributed by atoms with Crippen LogP contribution in [0.5, 0.6) is 0 Å². The summed E-state index contributed by atoms with van der Waals surface area (Å²) in [5.74, 6) is 0.112. The average molecular weight is 395 g/mol. The molecular formula is C22H22N2OS2. The largest absolute Gasteiger partial charge is 0.308 e. The van der Waals surface area contributed by atoms with Gasteiger partial charge in [-0.15, -0.1) is 29.3 Å². The van der Waals surface area contributed by atoms with E-state index in [-0.39, 0.29) is 11.9 Å². The number of thiophene rings is 2. The molecule has 138 valence electrons. The summed E-state index contributed by atoms with van der Waals surface area (Å²) >= 11 is 3.59. The van der Waals surface area contributed by atoms with Crippen LogP contribution in [0.25, 0.3) is 0 Å². The van der Waals surface area contributed by atoms with Crippen molar-refractivity contribution in [3.8, 4) is 0 Å². The van der Waals surface area contributed by atoms with E-state index in [1.807, 2.05) is 46.6 Å². The first-order chi connectivity index (χ1) is 13.3. The summed E-state index contributed by atoms with van der Waals surface area (Å²) in [5, 5.41) is 4.29. The number of rotatable bonds is 6. The van der Waals surface area contributed by atoms with E-state index in [4.69, 9.17) is 0 Å². The van der Waals surface area contributed by atoms with Gasteiger partial charge in [-0.2, -0.15) is 0 Å². The zero-order chi connectivity index (χ0) is 18.6. The first-order valence-corrected chi connectivity index (χ1v) is 10.8. The van der Waals surface area contributed by atoms with Gasteiger partial charge < -0.3 is 4.90 Å². The van der Waals surface area contributed by atoms with Gasteiger partial charge in [-0.05, 0) is 47.0 Å². The van der Waals surface area contributed by atoms with Crippen LogP contribution in [-0.2, 0) is 11.2 Å². The Morgan fingerprint density at radius 3 is 2.74 bits per heavy atom. The van der Waals surface area contributed by atoms with Crippen LogP contribution in [0.3, 0.4) is 0 Å². The van der Waals surface area contributed by atoms with Crippen molar-refractivity contribution in [2.75, 3.05) is 24.5 Å². The Bertz CT molecular complexity index is 902. The lowest BCUT2D eigenvalue weighted by Crippen LogP contribution is -2.44. The first kappa shape index (κ1) is 18.2. The minimum absolute atomic E-state index is 0.112. The van der Waals surface area contributed by atoms with Gasteiger partial charge in [0.15, 0.2) is 0 Å². The maximum atomic E-state index is 13.2. The van der Waals surface area contributed by atoms with Gasteiger partial charge >= 0.3 is 0 Å². The number of anilines is 1. The minimum atomic E-state index is 0.112. The molecule has 1 amide bonds. The SMILES string of the molecule is C=CCN(C(=O)CN1CCc2sccc2[C@@H]1c1cccs1)c1ccccc1. The van der Waals surface area contributed by atoms with Crippen molar-refractivity contribution in [2.45, 2.75) is 12.5 Å². The second-order valence-corrected chi connectivity index (χ2v) is 8.55. The summed E-state index contributed by atoms with van der Waals surface area (Å²) in [4.78, 5) is 20.1. The fraction of sp³-hybridized carbons (Fsp3) is 0.227. The van der Waals surface area contributed by atoms with Gasteiger partial charge in [0.05, 0.1) is 12.6 Å². The van der Waals surface area contributed by atoms with E-state index in [9.17, 15) is 4.79 Å². The zero-order valence-electron chi connectivity index (χ0n) is 15.1. The predicted octanol–water partition coefficient (Wildman–Crippen LogP) is 4.98. The lowest BCUT2D eigenvalue weighted by molar-refractivity contribution is -0.120. The Hall–Kier alpha value is -2.21. The summed E-state index contributed by atoms with van der Waals surface area (Å²) in [6, 6.07) is 16.5. The van der Waals surface area contributed by atoms with Crippen LogP contribution in [0.15, 0.2) is 71.9 Å². The number of carbonyl (C=O) groups excluding carboxylic acids is 1. The topological polar surface area (TPSA) is 23.6 Å². The Balaban J connectivity index is 1.60. The lowest BCUT2D eigenvalue weighted by Gasteiger charge is -2.36. The number of amides is 1. The number of para-hydroxylation sites is 1. The molecule has 1 aliphatic heterocycles. The summed E-state index contributed by atoms with van der Waals surface area (Å²) in [5.41, 5.74) is 2.28. The molecule has 0 saturated carbocycles. The van der Waals surface area contributed by atoms with Crippen LogP contribution in [0.1, 0.15) is 21.4 Å². The van der Waals surface area contributed by atoms with E-state index in [0.717, 1.165) is 18.7 Å². The number of fused-ring (bicyclic) bond motifs is 1. The number of benzene rings is 1. The summed E-state index contributed by atoms with van der Waals surface area (Å²) < 4.78 is 0. The molecule has 2 aromatic heterocycles. The summed E-state index contributed by atoms with van der Waals surface area (Å²) in [7, 11) is 0. The van der Waals surface area contributed by atoms with E-state index in [2.05, 4.69) is 40.4 Å². The van der Waals surface area contributed by atoms with Crippen LogP contribution >= 0.6 is 22.7 Å². The smallest absolute Gasteiger partial charge is 0.241 e. The normalized spacial score (nSPS) is 16.7. The molecule has 27 heavy (non-hydrogen) atoms. The second kappa shape index (κ2) is 8.21. The molecule has 3 nitrogen and oxygen atoms in total. The molecule has 3 heterocycles. The third-order valence-corrected chi connectivity index (χ3v) is 6.82. The molecule has 5 heteroatoms. The van der Waals surface area contributed by atoms with Crippen molar-refractivity contribution in [3.05, 3.63) is 87.3 Å². The molecule has 0 N–H and O–H groups in total. The standard InChI is InChI=1S/C22H22N2OS2/c1-2-12-24(17-7-4-3-5-8-17)21(25)16-23-13-10-19-18(11-15-27-19)22(23)20-9-6-14-26-20/h2-9,11,14-15,22H,1,10,12-13,16H2/t22-/m1/s1. The van der Waals surface area contributed by atoms with E-state index < -0.39 is 0 Å². The maximum Gasteiger partial charge on any atom is 0.241 e. The third-order valence-electron chi connectivity index (χ3n) is 4.90. The summed E-state index contributed by atoms with van der Waals surface area (Å²) in [6.07, 6.45) is 2.80. The highest BCUT2D eigenvalue weighted by molar-refractivity contribution is 7.10. The van der Waals surface area contributed by atoms with Crippen molar-refractivity contribution < 1.29 is 4.79 Å². The van der Waals surface area contributed by atoms with Crippen LogP contribution in [0, 0.1) is 0 Å². The highest BCUT2D eigenvalue weighted by Crippen LogP contribution is 2.39. The van der Waals surface area contributed by atoms with Gasteiger partial charge in [0.1, 0.15) is 0 Å². The van der Waals surface area contributed by atoms with Gasteiger partial charge in [-0.1, -0.05) is 30.3 Å². The van der Waals surface area contributed by atoms with Crippen LogP contribution in [0.2, 0.25) is 0 Å². The second-order valence-electron chi connectivity index (χ2n) is 6.57. The highest BCUT2D eigenvalue weighted by Gasteiger charge is 2.32. The van der Waals surface area contributed by atoms with Crippen molar-refractivity contribution in [2.24, 2.45) is 0 Å². The number of nitrogens with zero attached hydrogens (tertiary/aromatic N) is 2. The minimum Gasteiger partial charge on any atom is -0.308 e. The molecule has 0 bridgehead atoms. The molecule has 3 aromatic rings. The quantitative estimate of drug-likeness (QED) is 0.551. The molecule has 0 spiro atoms. The van der Waals surface area contributed by atoms with Gasteiger partial charge in [0.2, 0.25) is 5.91 Å². The molecule has 1 aliphatic rings. The molecule has 1 atom stereocenters. The third kappa shape index (κ3) is 3.76. The Morgan fingerprint density at radius 2 is 2.00 bits per heavy atom. The Morgan fingerprint density at radius 1 is 1.15 bits per heavy atom.